The van der Waals surface area contributed by atoms with Crippen LogP contribution < -0.4 is 10.6 Å². The normalized spacial score (nSPS) is 20.6. The van der Waals surface area contributed by atoms with Crippen molar-refractivity contribution >= 4 is 11.6 Å². The SMILES string of the molecule is CNc1cc(NCC2(C3CC3)CC2)nc(C(F)(F)F)n1. The molecule has 7 heteroatoms. The fourth-order valence-corrected chi connectivity index (χ4v) is 2.64. The van der Waals surface area contributed by atoms with Crippen molar-refractivity contribution in [1.82, 2.24) is 9.97 Å². The van der Waals surface area contributed by atoms with Gasteiger partial charge >= 0.3 is 6.18 Å². The van der Waals surface area contributed by atoms with E-state index in [1.165, 1.54) is 31.7 Å². The van der Waals surface area contributed by atoms with Crippen LogP contribution in [0, 0.1) is 11.3 Å². The average molecular weight is 286 g/mol. The van der Waals surface area contributed by atoms with Gasteiger partial charge in [0.2, 0.25) is 5.82 Å². The molecule has 0 atom stereocenters. The van der Waals surface area contributed by atoms with Gasteiger partial charge in [0.25, 0.3) is 0 Å². The topological polar surface area (TPSA) is 49.8 Å². The number of halogens is 3. The number of nitrogens with zero attached hydrogens (tertiary/aromatic N) is 2. The van der Waals surface area contributed by atoms with E-state index in [1.807, 2.05) is 0 Å². The van der Waals surface area contributed by atoms with Crippen molar-refractivity contribution < 1.29 is 13.2 Å². The van der Waals surface area contributed by atoms with Crippen LogP contribution in [-0.4, -0.2) is 23.6 Å². The summed E-state index contributed by atoms with van der Waals surface area (Å²) >= 11 is 0. The Morgan fingerprint density at radius 1 is 1.25 bits per heavy atom. The minimum Gasteiger partial charge on any atom is -0.373 e. The molecule has 110 valence electrons. The maximum Gasteiger partial charge on any atom is 0.451 e. The molecule has 0 radical (unpaired) electrons. The molecule has 1 aromatic heterocycles. The van der Waals surface area contributed by atoms with Gasteiger partial charge in [0.15, 0.2) is 0 Å². The summed E-state index contributed by atoms with van der Waals surface area (Å²) in [6.07, 6.45) is 0.306. The van der Waals surface area contributed by atoms with Crippen LogP contribution in [0.5, 0.6) is 0 Å². The van der Waals surface area contributed by atoms with Crippen LogP contribution in [0.25, 0.3) is 0 Å². The van der Waals surface area contributed by atoms with Gasteiger partial charge < -0.3 is 10.6 Å². The molecule has 0 aliphatic heterocycles. The van der Waals surface area contributed by atoms with Gasteiger partial charge in [-0.2, -0.15) is 13.2 Å². The van der Waals surface area contributed by atoms with Crippen LogP contribution in [0.4, 0.5) is 24.8 Å². The van der Waals surface area contributed by atoms with Gasteiger partial charge in [0.1, 0.15) is 11.6 Å². The van der Waals surface area contributed by atoms with E-state index in [2.05, 4.69) is 20.6 Å². The smallest absolute Gasteiger partial charge is 0.373 e. The second kappa shape index (κ2) is 4.49. The summed E-state index contributed by atoms with van der Waals surface area (Å²) in [7, 11) is 1.54. The number of nitrogens with one attached hydrogen (secondary N) is 2. The number of hydrogen-bond donors (Lipinski definition) is 2. The van der Waals surface area contributed by atoms with Crippen molar-refractivity contribution in [3.8, 4) is 0 Å². The summed E-state index contributed by atoms with van der Waals surface area (Å²) in [6.45, 7) is 0.704. The Labute approximate surface area is 115 Å². The number of anilines is 2. The number of hydrogen-bond acceptors (Lipinski definition) is 4. The maximum atomic E-state index is 12.7. The van der Waals surface area contributed by atoms with Crippen LogP contribution >= 0.6 is 0 Å². The maximum absolute atomic E-state index is 12.7. The van der Waals surface area contributed by atoms with Crippen molar-refractivity contribution in [2.45, 2.75) is 31.9 Å². The first-order valence-corrected chi connectivity index (χ1v) is 6.81. The summed E-state index contributed by atoms with van der Waals surface area (Å²) in [5.74, 6) is 0.0560. The van der Waals surface area contributed by atoms with E-state index in [-0.39, 0.29) is 11.6 Å². The second-order valence-corrected chi connectivity index (χ2v) is 5.70. The lowest BCUT2D eigenvalue weighted by atomic mass is 10.0. The molecule has 2 N–H and O–H groups in total. The third kappa shape index (κ3) is 2.66. The Kier molecular flexibility index (Phi) is 3.02. The zero-order valence-electron chi connectivity index (χ0n) is 11.2. The summed E-state index contributed by atoms with van der Waals surface area (Å²) in [5, 5.41) is 5.70. The zero-order chi connectivity index (χ0) is 14.4. The lowest BCUT2D eigenvalue weighted by Crippen LogP contribution is -2.20. The fraction of sp³-hybridized carbons (Fsp3) is 0.692. The van der Waals surface area contributed by atoms with E-state index < -0.39 is 12.0 Å². The highest BCUT2D eigenvalue weighted by atomic mass is 19.4. The van der Waals surface area contributed by atoms with E-state index >= 15 is 0 Å². The van der Waals surface area contributed by atoms with Crippen molar-refractivity contribution in [2.24, 2.45) is 11.3 Å². The van der Waals surface area contributed by atoms with Crippen LogP contribution in [0.3, 0.4) is 0 Å². The summed E-state index contributed by atoms with van der Waals surface area (Å²) in [4.78, 5) is 7.02. The molecule has 2 aliphatic carbocycles. The van der Waals surface area contributed by atoms with Crippen LogP contribution in [0.2, 0.25) is 0 Å². The highest BCUT2D eigenvalue weighted by Crippen LogP contribution is 2.61. The van der Waals surface area contributed by atoms with Crippen molar-refractivity contribution in [3.05, 3.63) is 11.9 Å². The van der Waals surface area contributed by atoms with E-state index in [0.29, 0.717) is 12.0 Å². The van der Waals surface area contributed by atoms with Crippen molar-refractivity contribution in [2.75, 3.05) is 24.2 Å². The van der Waals surface area contributed by atoms with Crippen LogP contribution in [-0.2, 0) is 6.18 Å². The van der Waals surface area contributed by atoms with Crippen LogP contribution in [0.15, 0.2) is 6.07 Å². The molecular weight excluding hydrogens is 269 g/mol. The quantitative estimate of drug-likeness (QED) is 0.873. The molecule has 0 unspecified atom stereocenters. The first kappa shape index (κ1) is 13.5. The Balaban J connectivity index is 1.75. The van der Waals surface area contributed by atoms with Gasteiger partial charge in [-0.1, -0.05) is 0 Å². The minimum absolute atomic E-state index is 0.172. The Morgan fingerprint density at radius 2 is 1.90 bits per heavy atom. The summed E-state index contributed by atoms with van der Waals surface area (Å²) < 4.78 is 38.2. The number of rotatable bonds is 5. The van der Waals surface area contributed by atoms with Gasteiger partial charge in [-0.05, 0) is 37.0 Å². The van der Waals surface area contributed by atoms with E-state index in [1.54, 1.807) is 7.05 Å². The lowest BCUT2D eigenvalue weighted by Gasteiger charge is -2.16. The largest absolute Gasteiger partial charge is 0.451 e. The Morgan fingerprint density at radius 3 is 2.40 bits per heavy atom. The van der Waals surface area contributed by atoms with E-state index in [9.17, 15) is 13.2 Å². The monoisotopic (exact) mass is 286 g/mol. The predicted octanol–water partition coefficient (Wildman–Crippen LogP) is 3.14. The molecule has 0 amide bonds. The molecule has 0 saturated heterocycles. The number of aromatic nitrogens is 2. The van der Waals surface area contributed by atoms with E-state index in [0.717, 1.165) is 5.92 Å². The molecule has 0 aromatic carbocycles. The summed E-state index contributed by atoms with van der Waals surface area (Å²) in [6, 6.07) is 1.51. The lowest BCUT2D eigenvalue weighted by molar-refractivity contribution is -0.144. The molecular formula is C13H17F3N4. The Hall–Kier alpha value is -1.53. The van der Waals surface area contributed by atoms with Gasteiger partial charge in [-0.3, -0.25) is 0 Å². The molecule has 0 bridgehead atoms. The third-order valence-electron chi connectivity index (χ3n) is 4.19. The predicted molar refractivity (Wildman–Crippen MR) is 69.5 cm³/mol. The molecule has 2 fully saturated rings. The van der Waals surface area contributed by atoms with Gasteiger partial charge in [-0.15, -0.1) is 0 Å². The molecule has 4 nitrogen and oxygen atoms in total. The highest BCUT2D eigenvalue weighted by molar-refractivity contribution is 5.47. The van der Waals surface area contributed by atoms with Crippen molar-refractivity contribution in [3.63, 3.8) is 0 Å². The fourth-order valence-electron chi connectivity index (χ4n) is 2.64. The molecule has 3 rings (SSSR count). The van der Waals surface area contributed by atoms with Crippen LogP contribution in [0.1, 0.15) is 31.5 Å². The molecule has 1 heterocycles. The average Bonchev–Trinajstić information content (AvgIpc) is 3.27. The molecule has 20 heavy (non-hydrogen) atoms. The van der Waals surface area contributed by atoms with Gasteiger partial charge in [-0.25, -0.2) is 9.97 Å². The second-order valence-electron chi connectivity index (χ2n) is 5.70. The first-order chi connectivity index (χ1) is 9.43. The zero-order valence-corrected chi connectivity index (χ0v) is 11.2. The Bertz CT molecular complexity index is 507. The van der Waals surface area contributed by atoms with E-state index in [4.69, 9.17) is 0 Å². The summed E-state index contributed by atoms with van der Waals surface area (Å²) in [5.41, 5.74) is 0.309. The molecule has 2 saturated carbocycles. The third-order valence-corrected chi connectivity index (χ3v) is 4.19. The molecule has 1 aromatic rings. The first-order valence-electron chi connectivity index (χ1n) is 6.81. The standard InChI is InChI=1S/C13H17F3N4/c1-17-9-6-10(20-11(19-9)13(14,15)16)18-7-12(4-5-12)8-2-3-8/h6,8H,2-5,7H2,1H3,(H2,17,18,19,20). The minimum atomic E-state index is -4.53. The van der Waals surface area contributed by atoms with Gasteiger partial charge in [0.05, 0.1) is 0 Å². The number of alkyl halides is 3. The molecule has 0 spiro atoms. The molecule has 2 aliphatic rings. The highest BCUT2D eigenvalue weighted by Gasteiger charge is 2.53. The van der Waals surface area contributed by atoms with Gasteiger partial charge in [0, 0.05) is 19.7 Å². The van der Waals surface area contributed by atoms with Crippen molar-refractivity contribution in [1.29, 1.82) is 0 Å².